The zero-order valence-electron chi connectivity index (χ0n) is 18.2. The van der Waals surface area contributed by atoms with Gasteiger partial charge in [0.05, 0.1) is 24.4 Å². The van der Waals surface area contributed by atoms with Crippen LogP contribution in [0.15, 0.2) is 72.9 Å². The number of halogens is 1. The summed E-state index contributed by atoms with van der Waals surface area (Å²) in [5.74, 6) is 0.332. The van der Waals surface area contributed by atoms with Crippen LogP contribution in [-0.4, -0.2) is 36.0 Å². The maximum Gasteiger partial charge on any atom is 0.255 e. The van der Waals surface area contributed by atoms with E-state index in [0.29, 0.717) is 17.9 Å². The highest BCUT2D eigenvalue weighted by Crippen LogP contribution is 2.30. The van der Waals surface area contributed by atoms with Gasteiger partial charge in [-0.3, -0.25) is 14.7 Å². The number of benzene rings is 2. The number of hydrogen-bond donors (Lipinski definition) is 1. The average molecular weight is 434 g/mol. The molecular formula is C26H28FN3O2. The Morgan fingerprint density at radius 2 is 2.03 bits per heavy atom. The van der Waals surface area contributed by atoms with Crippen molar-refractivity contribution in [2.45, 2.75) is 25.4 Å². The molecule has 0 unspecified atom stereocenters. The van der Waals surface area contributed by atoms with Crippen LogP contribution in [0, 0.1) is 11.7 Å². The first-order chi connectivity index (χ1) is 15.6. The highest BCUT2D eigenvalue weighted by molar-refractivity contribution is 5.97. The van der Waals surface area contributed by atoms with Crippen molar-refractivity contribution in [3.05, 3.63) is 95.6 Å². The summed E-state index contributed by atoms with van der Waals surface area (Å²) in [5, 5.41) is 3.22. The number of ether oxygens (including phenoxy) is 1. The number of rotatable bonds is 7. The van der Waals surface area contributed by atoms with E-state index in [2.05, 4.69) is 15.2 Å². The van der Waals surface area contributed by atoms with Gasteiger partial charge in [-0.1, -0.05) is 30.3 Å². The molecule has 0 bridgehead atoms. The number of para-hydroxylation sites is 1. The Kier molecular flexibility index (Phi) is 7.12. The Balaban J connectivity index is 1.54. The minimum atomic E-state index is -0.232. The van der Waals surface area contributed by atoms with Gasteiger partial charge in [0.2, 0.25) is 0 Å². The van der Waals surface area contributed by atoms with E-state index >= 15 is 0 Å². The monoisotopic (exact) mass is 433 g/mol. The molecule has 1 N–H and O–H groups in total. The predicted octanol–water partition coefficient (Wildman–Crippen LogP) is 4.61. The molecule has 6 heteroatoms. The molecule has 1 fully saturated rings. The minimum Gasteiger partial charge on any atom is -0.496 e. The van der Waals surface area contributed by atoms with Crippen molar-refractivity contribution < 1.29 is 13.9 Å². The Morgan fingerprint density at radius 1 is 1.19 bits per heavy atom. The highest BCUT2D eigenvalue weighted by atomic mass is 19.1. The van der Waals surface area contributed by atoms with E-state index in [4.69, 9.17) is 4.74 Å². The largest absolute Gasteiger partial charge is 0.496 e. The number of methoxy groups -OCH3 is 1. The van der Waals surface area contributed by atoms with E-state index in [-0.39, 0.29) is 23.7 Å². The number of hydrogen-bond acceptors (Lipinski definition) is 4. The van der Waals surface area contributed by atoms with Crippen LogP contribution < -0.4 is 10.1 Å². The molecule has 5 nitrogen and oxygen atoms in total. The van der Waals surface area contributed by atoms with Crippen molar-refractivity contribution in [2.24, 2.45) is 5.92 Å². The fourth-order valence-electron chi connectivity index (χ4n) is 4.44. The van der Waals surface area contributed by atoms with Crippen molar-refractivity contribution in [2.75, 3.05) is 20.2 Å². The third-order valence-electron chi connectivity index (χ3n) is 5.95. The van der Waals surface area contributed by atoms with E-state index in [1.54, 1.807) is 37.6 Å². The zero-order valence-corrected chi connectivity index (χ0v) is 18.2. The van der Waals surface area contributed by atoms with Crippen LogP contribution in [0.5, 0.6) is 5.75 Å². The van der Waals surface area contributed by atoms with Crippen LogP contribution in [0.3, 0.4) is 0 Å². The van der Waals surface area contributed by atoms with E-state index in [1.807, 2.05) is 36.4 Å². The summed E-state index contributed by atoms with van der Waals surface area (Å²) in [6.07, 6.45) is 3.74. The molecule has 2 aromatic carbocycles. The van der Waals surface area contributed by atoms with Gasteiger partial charge < -0.3 is 10.1 Å². The molecule has 166 valence electrons. The third-order valence-corrected chi connectivity index (χ3v) is 5.95. The molecule has 1 aliphatic heterocycles. The van der Waals surface area contributed by atoms with Crippen LogP contribution in [-0.2, 0) is 6.54 Å². The lowest BCUT2D eigenvalue weighted by Crippen LogP contribution is -2.43. The van der Waals surface area contributed by atoms with E-state index in [0.717, 1.165) is 37.2 Å². The molecule has 0 aliphatic carbocycles. The fraction of sp³-hybridized carbons (Fsp3) is 0.308. The molecule has 1 aromatic heterocycles. The summed E-state index contributed by atoms with van der Waals surface area (Å²) < 4.78 is 19.0. The van der Waals surface area contributed by atoms with Gasteiger partial charge >= 0.3 is 0 Å². The third kappa shape index (κ3) is 5.32. The quantitative estimate of drug-likeness (QED) is 0.591. The normalized spacial score (nSPS) is 17.5. The zero-order chi connectivity index (χ0) is 22.3. The SMILES string of the molecule is COc1ccccc1C(=O)N[C@H](c1ccccn1)[C@@H]1CCCN(Cc2cccc(F)c2)C1. The molecule has 4 rings (SSSR count). The lowest BCUT2D eigenvalue weighted by atomic mass is 9.88. The van der Waals surface area contributed by atoms with Gasteiger partial charge in [0.25, 0.3) is 5.91 Å². The molecule has 0 radical (unpaired) electrons. The first-order valence-electron chi connectivity index (χ1n) is 11.0. The van der Waals surface area contributed by atoms with E-state index < -0.39 is 0 Å². The maximum atomic E-state index is 13.6. The number of amides is 1. The number of pyridine rings is 1. The van der Waals surface area contributed by atoms with Crippen LogP contribution >= 0.6 is 0 Å². The Labute approximate surface area is 188 Å². The van der Waals surface area contributed by atoms with Gasteiger partial charge in [-0.05, 0) is 67.3 Å². The number of aromatic nitrogens is 1. The molecule has 1 amide bonds. The predicted molar refractivity (Wildman–Crippen MR) is 122 cm³/mol. The van der Waals surface area contributed by atoms with Crippen molar-refractivity contribution in [1.82, 2.24) is 15.2 Å². The van der Waals surface area contributed by atoms with Gasteiger partial charge in [0.15, 0.2) is 0 Å². The average Bonchev–Trinajstić information content (AvgIpc) is 2.83. The Hall–Kier alpha value is -3.25. The molecular weight excluding hydrogens is 405 g/mol. The molecule has 1 aliphatic rings. The van der Waals surface area contributed by atoms with Crippen LogP contribution in [0.1, 0.15) is 40.5 Å². The fourth-order valence-corrected chi connectivity index (χ4v) is 4.44. The summed E-state index contributed by atoms with van der Waals surface area (Å²) >= 11 is 0. The number of carbonyl (C=O) groups is 1. The van der Waals surface area contributed by atoms with Gasteiger partial charge in [0.1, 0.15) is 11.6 Å². The molecule has 32 heavy (non-hydrogen) atoms. The van der Waals surface area contributed by atoms with Gasteiger partial charge in [0, 0.05) is 19.3 Å². The van der Waals surface area contributed by atoms with Gasteiger partial charge in [-0.25, -0.2) is 4.39 Å². The second-order valence-corrected chi connectivity index (χ2v) is 8.17. The van der Waals surface area contributed by atoms with Crippen molar-refractivity contribution >= 4 is 5.91 Å². The van der Waals surface area contributed by atoms with E-state index in [9.17, 15) is 9.18 Å². The first kappa shape index (κ1) is 22.0. The number of nitrogens with zero attached hydrogens (tertiary/aromatic N) is 2. The summed E-state index contributed by atoms with van der Waals surface area (Å²) in [6, 6.07) is 19.5. The van der Waals surface area contributed by atoms with Gasteiger partial charge in [-0.2, -0.15) is 0 Å². The molecule has 2 atom stereocenters. The number of nitrogens with one attached hydrogen (secondary N) is 1. The topological polar surface area (TPSA) is 54.5 Å². The first-order valence-corrected chi connectivity index (χ1v) is 11.0. The van der Waals surface area contributed by atoms with Crippen molar-refractivity contribution in [1.29, 1.82) is 0 Å². The smallest absolute Gasteiger partial charge is 0.255 e. The van der Waals surface area contributed by atoms with Crippen molar-refractivity contribution in [3.8, 4) is 5.75 Å². The lowest BCUT2D eigenvalue weighted by Gasteiger charge is -2.37. The Bertz CT molecular complexity index is 1040. The summed E-state index contributed by atoms with van der Waals surface area (Å²) in [6.45, 7) is 2.43. The summed E-state index contributed by atoms with van der Waals surface area (Å²) in [7, 11) is 1.56. The second kappa shape index (κ2) is 10.4. The van der Waals surface area contributed by atoms with Crippen LogP contribution in [0.25, 0.3) is 0 Å². The molecule has 0 saturated carbocycles. The second-order valence-electron chi connectivity index (χ2n) is 8.17. The molecule has 3 aromatic rings. The number of piperidine rings is 1. The summed E-state index contributed by atoms with van der Waals surface area (Å²) in [4.78, 5) is 20.1. The number of likely N-dealkylation sites (tertiary alicyclic amines) is 1. The highest BCUT2D eigenvalue weighted by Gasteiger charge is 2.31. The molecule has 0 spiro atoms. The van der Waals surface area contributed by atoms with Gasteiger partial charge in [-0.15, -0.1) is 0 Å². The summed E-state index contributed by atoms with van der Waals surface area (Å²) in [5.41, 5.74) is 2.30. The van der Waals surface area contributed by atoms with Crippen LogP contribution in [0.2, 0.25) is 0 Å². The van der Waals surface area contributed by atoms with Crippen molar-refractivity contribution in [3.63, 3.8) is 0 Å². The standard InChI is InChI=1S/C26H28FN3O2/c1-32-24-13-3-2-11-22(24)26(31)29-25(23-12-4-5-14-28-23)20-9-7-15-30(18-20)17-19-8-6-10-21(27)16-19/h2-6,8,10-14,16,20,25H,7,9,15,17-18H2,1H3,(H,29,31)/t20-,25+/m1/s1. The van der Waals surface area contributed by atoms with E-state index in [1.165, 1.54) is 6.07 Å². The Morgan fingerprint density at radius 3 is 2.81 bits per heavy atom. The minimum absolute atomic E-state index is 0.180. The number of carbonyl (C=O) groups excluding carboxylic acids is 1. The maximum absolute atomic E-state index is 13.6. The molecule has 1 saturated heterocycles. The van der Waals surface area contributed by atoms with Crippen LogP contribution in [0.4, 0.5) is 4.39 Å². The lowest BCUT2D eigenvalue weighted by molar-refractivity contribution is 0.0872. The molecule has 2 heterocycles.